The second-order valence-electron chi connectivity index (χ2n) is 4.27. The van der Waals surface area contributed by atoms with Crippen molar-refractivity contribution in [3.63, 3.8) is 0 Å². The monoisotopic (exact) mass is 358 g/mol. The van der Waals surface area contributed by atoms with E-state index in [1.54, 1.807) is 6.07 Å². The van der Waals surface area contributed by atoms with E-state index in [0.29, 0.717) is 16.6 Å². The molecule has 0 spiro atoms. The molecule has 0 fully saturated rings. The molecule has 0 saturated heterocycles. The minimum atomic E-state index is 0.566. The summed E-state index contributed by atoms with van der Waals surface area (Å²) in [5, 5.41) is 1.16. The van der Waals surface area contributed by atoms with Crippen LogP contribution in [0.4, 0.5) is 11.4 Å². The van der Waals surface area contributed by atoms with Crippen LogP contribution in [0.5, 0.6) is 0 Å². The van der Waals surface area contributed by atoms with Crippen molar-refractivity contribution in [3.8, 4) is 0 Å². The van der Waals surface area contributed by atoms with Crippen molar-refractivity contribution in [1.29, 1.82) is 0 Å². The molecule has 2 N–H and O–H groups in total. The summed E-state index contributed by atoms with van der Waals surface area (Å²) >= 11 is 15.6. The first kappa shape index (κ1) is 14.5. The standard InChI is InChI=1S/C14H13BrCl2N2/c1-19(13-6-5-10(15)7-12(13)18)8-9-3-2-4-11(16)14(9)17/h2-7H,8,18H2,1H3. The molecule has 2 aromatic carbocycles. The number of rotatable bonds is 3. The molecule has 0 bridgehead atoms. The van der Waals surface area contributed by atoms with Crippen LogP contribution in [0.3, 0.4) is 0 Å². The van der Waals surface area contributed by atoms with E-state index in [1.807, 2.05) is 42.3 Å². The topological polar surface area (TPSA) is 29.3 Å². The molecule has 0 amide bonds. The van der Waals surface area contributed by atoms with Gasteiger partial charge in [0, 0.05) is 18.1 Å². The molecule has 19 heavy (non-hydrogen) atoms. The van der Waals surface area contributed by atoms with Gasteiger partial charge in [-0.25, -0.2) is 0 Å². The molecule has 0 atom stereocenters. The van der Waals surface area contributed by atoms with Crippen molar-refractivity contribution in [3.05, 3.63) is 56.5 Å². The molecule has 5 heteroatoms. The summed E-state index contributed by atoms with van der Waals surface area (Å²) in [7, 11) is 1.97. The first-order valence-electron chi connectivity index (χ1n) is 5.68. The SMILES string of the molecule is CN(Cc1cccc(Cl)c1Cl)c1ccc(Br)cc1N. The summed E-state index contributed by atoms with van der Waals surface area (Å²) in [6.45, 7) is 0.644. The summed E-state index contributed by atoms with van der Waals surface area (Å²) < 4.78 is 0.961. The predicted molar refractivity (Wildman–Crippen MR) is 87.1 cm³/mol. The number of nitrogen functional groups attached to an aromatic ring is 1. The van der Waals surface area contributed by atoms with Crippen LogP contribution in [0.1, 0.15) is 5.56 Å². The Bertz CT molecular complexity index is 602. The fraction of sp³-hybridized carbons (Fsp3) is 0.143. The van der Waals surface area contributed by atoms with E-state index in [4.69, 9.17) is 28.9 Å². The Kier molecular flexibility index (Phi) is 4.61. The minimum absolute atomic E-state index is 0.566. The predicted octanol–water partition coefficient (Wildman–Crippen LogP) is 4.97. The van der Waals surface area contributed by atoms with Gasteiger partial charge < -0.3 is 10.6 Å². The van der Waals surface area contributed by atoms with Gasteiger partial charge in [0.05, 0.1) is 21.4 Å². The minimum Gasteiger partial charge on any atom is -0.397 e. The lowest BCUT2D eigenvalue weighted by molar-refractivity contribution is 0.925. The van der Waals surface area contributed by atoms with Crippen molar-refractivity contribution in [2.24, 2.45) is 0 Å². The summed E-state index contributed by atoms with van der Waals surface area (Å²) in [6.07, 6.45) is 0. The molecule has 0 heterocycles. The Hall–Kier alpha value is -0.900. The summed E-state index contributed by atoms with van der Waals surface area (Å²) in [5.41, 5.74) is 8.66. The zero-order chi connectivity index (χ0) is 14.0. The lowest BCUT2D eigenvalue weighted by Crippen LogP contribution is -2.18. The molecular formula is C14H13BrCl2N2. The molecule has 2 nitrogen and oxygen atoms in total. The number of halogens is 3. The van der Waals surface area contributed by atoms with Crippen molar-refractivity contribution in [2.75, 3.05) is 17.7 Å². The highest BCUT2D eigenvalue weighted by Crippen LogP contribution is 2.30. The van der Waals surface area contributed by atoms with Gasteiger partial charge >= 0.3 is 0 Å². The van der Waals surface area contributed by atoms with E-state index in [2.05, 4.69) is 15.9 Å². The number of benzene rings is 2. The van der Waals surface area contributed by atoms with Crippen molar-refractivity contribution in [2.45, 2.75) is 6.54 Å². The maximum Gasteiger partial charge on any atom is 0.0642 e. The fourth-order valence-corrected chi connectivity index (χ4v) is 2.64. The number of hydrogen-bond donors (Lipinski definition) is 1. The maximum atomic E-state index is 6.19. The third kappa shape index (κ3) is 3.35. The van der Waals surface area contributed by atoms with Crippen LogP contribution >= 0.6 is 39.1 Å². The third-order valence-corrected chi connectivity index (χ3v) is 4.19. The van der Waals surface area contributed by atoms with Crippen LogP contribution in [0, 0.1) is 0 Å². The fourth-order valence-electron chi connectivity index (χ4n) is 1.88. The first-order chi connectivity index (χ1) is 8.99. The quantitative estimate of drug-likeness (QED) is 0.783. The molecule has 0 radical (unpaired) electrons. The van der Waals surface area contributed by atoms with Gasteiger partial charge in [-0.3, -0.25) is 0 Å². The maximum absolute atomic E-state index is 6.19. The van der Waals surface area contributed by atoms with E-state index in [9.17, 15) is 0 Å². The zero-order valence-electron chi connectivity index (χ0n) is 10.3. The van der Waals surface area contributed by atoms with Crippen LogP contribution in [0.15, 0.2) is 40.9 Å². The smallest absolute Gasteiger partial charge is 0.0642 e. The van der Waals surface area contributed by atoms with Crippen molar-refractivity contribution in [1.82, 2.24) is 0 Å². The molecule has 0 aromatic heterocycles. The van der Waals surface area contributed by atoms with Gasteiger partial charge in [-0.05, 0) is 29.8 Å². The molecule has 2 rings (SSSR count). The molecule has 0 saturated carbocycles. The Morgan fingerprint density at radius 3 is 2.63 bits per heavy atom. The molecule has 0 aliphatic rings. The van der Waals surface area contributed by atoms with Gasteiger partial charge in [0.1, 0.15) is 0 Å². The number of nitrogens with zero attached hydrogens (tertiary/aromatic N) is 1. The van der Waals surface area contributed by atoms with Crippen molar-refractivity contribution < 1.29 is 0 Å². The second kappa shape index (κ2) is 6.04. The highest BCUT2D eigenvalue weighted by molar-refractivity contribution is 9.10. The Morgan fingerprint density at radius 2 is 1.95 bits per heavy atom. The number of nitrogens with two attached hydrogens (primary N) is 1. The third-order valence-electron chi connectivity index (χ3n) is 2.84. The average Bonchev–Trinajstić information content (AvgIpc) is 2.34. The van der Waals surface area contributed by atoms with Crippen LogP contribution in [0.2, 0.25) is 10.0 Å². The van der Waals surface area contributed by atoms with Crippen LogP contribution < -0.4 is 10.6 Å². The largest absolute Gasteiger partial charge is 0.397 e. The van der Waals surface area contributed by atoms with Gasteiger partial charge in [-0.1, -0.05) is 51.3 Å². The van der Waals surface area contributed by atoms with E-state index in [0.717, 1.165) is 21.4 Å². The van der Waals surface area contributed by atoms with Crippen molar-refractivity contribution >= 4 is 50.5 Å². The van der Waals surface area contributed by atoms with Gasteiger partial charge in [-0.2, -0.15) is 0 Å². The van der Waals surface area contributed by atoms with E-state index >= 15 is 0 Å². The van der Waals surface area contributed by atoms with Crippen LogP contribution in [-0.2, 0) is 6.54 Å². The highest BCUT2D eigenvalue weighted by Gasteiger charge is 2.10. The Morgan fingerprint density at radius 1 is 1.21 bits per heavy atom. The zero-order valence-corrected chi connectivity index (χ0v) is 13.4. The van der Waals surface area contributed by atoms with Gasteiger partial charge in [-0.15, -0.1) is 0 Å². The van der Waals surface area contributed by atoms with Gasteiger partial charge in [0.2, 0.25) is 0 Å². The Labute approximate surface area is 131 Å². The average molecular weight is 360 g/mol. The molecule has 100 valence electrons. The molecule has 0 unspecified atom stereocenters. The normalized spacial score (nSPS) is 10.5. The summed E-state index contributed by atoms with van der Waals surface area (Å²) in [4.78, 5) is 2.04. The number of anilines is 2. The lowest BCUT2D eigenvalue weighted by atomic mass is 10.2. The molecule has 2 aromatic rings. The van der Waals surface area contributed by atoms with E-state index in [-0.39, 0.29) is 0 Å². The molecular weight excluding hydrogens is 347 g/mol. The van der Waals surface area contributed by atoms with E-state index < -0.39 is 0 Å². The lowest BCUT2D eigenvalue weighted by Gasteiger charge is -2.22. The van der Waals surface area contributed by atoms with Gasteiger partial charge in [0.25, 0.3) is 0 Å². The van der Waals surface area contributed by atoms with Crippen LogP contribution in [-0.4, -0.2) is 7.05 Å². The second-order valence-corrected chi connectivity index (χ2v) is 5.97. The highest BCUT2D eigenvalue weighted by atomic mass is 79.9. The first-order valence-corrected chi connectivity index (χ1v) is 7.23. The van der Waals surface area contributed by atoms with E-state index in [1.165, 1.54) is 0 Å². The summed E-state index contributed by atoms with van der Waals surface area (Å²) in [5.74, 6) is 0. The molecule has 0 aliphatic carbocycles. The number of hydrogen-bond acceptors (Lipinski definition) is 2. The van der Waals surface area contributed by atoms with Gasteiger partial charge in [0.15, 0.2) is 0 Å². The molecule has 0 aliphatic heterocycles. The summed E-state index contributed by atoms with van der Waals surface area (Å²) in [6, 6.07) is 11.4. The van der Waals surface area contributed by atoms with Crippen LogP contribution in [0.25, 0.3) is 0 Å². The Balaban J connectivity index is 2.25.